The molecule has 0 aromatic carbocycles. The molecule has 0 radical (unpaired) electrons. The molecule has 0 aromatic heterocycles. The lowest BCUT2D eigenvalue weighted by Crippen LogP contribution is -1.99. The molecule has 0 saturated heterocycles. The molecule has 0 aromatic rings. The van der Waals surface area contributed by atoms with Crippen LogP contribution >= 0.6 is 0 Å². The first kappa shape index (κ1) is 13.3. The van der Waals surface area contributed by atoms with Crippen LogP contribution in [0.5, 0.6) is 0 Å². The summed E-state index contributed by atoms with van der Waals surface area (Å²) in [5, 5.41) is 9.25. The molecule has 0 heterocycles. The molecular weight excluding hydrogens is 172 g/mol. The van der Waals surface area contributed by atoms with Crippen LogP contribution in [0.2, 0.25) is 0 Å². The van der Waals surface area contributed by atoms with E-state index in [0.29, 0.717) is 6.42 Å². The Hall–Kier alpha value is -0.740. The maximum Gasteiger partial charge on any atom is 0.118 e. The van der Waals surface area contributed by atoms with Crippen molar-refractivity contribution in [3.05, 3.63) is 12.7 Å². The van der Waals surface area contributed by atoms with Crippen molar-refractivity contribution in [2.75, 3.05) is 0 Å². The van der Waals surface area contributed by atoms with Gasteiger partial charge >= 0.3 is 0 Å². The van der Waals surface area contributed by atoms with E-state index in [1.54, 1.807) is 6.08 Å². The highest BCUT2D eigenvalue weighted by Gasteiger charge is 1.92. The van der Waals surface area contributed by atoms with Crippen molar-refractivity contribution in [2.45, 2.75) is 58.0 Å². The number of hydrogen-bond acceptors (Lipinski definition) is 1. The van der Waals surface area contributed by atoms with Gasteiger partial charge in [-0.25, -0.2) is 0 Å². The monoisotopic (exact) mass is 194 g/mol. The highest BCUT2D eigenvalue weighted by Crippen LogP contribution is 2.04. The summed E-state index contributed by atoms with van der Waals surface area (Å²) in [7, 11) is 0. The van der Waals surface area contributed by atoms with E-state index >= 15 is 0 Å². The van der Waals surface area contributed by atoms with E-state index < -0.39 is 6.10 Å². The normalized spacial score (nSPS) is 11.6. The van der Waals surface area contributed by atoms with Gasteiger partial charge in [-0.2, -0.15) is 0 Å². The fourth-order valence-corrected chi connectivity index (χ4v) is 1.22. The average Bonchev–Trinajstić information content (AvgIpc) is 2.17. The Bertz CT molecular complexity index is 185. The Morgan fingerprint density at radius 3 is 2.64 bits per heavy atom. The third-order valence-corrected chi connectivity index (χ3v) is 2.06. The predicted octanol–water partition coefficient (Wildman–Crippen LogP) is 3.29. The molecule has 0 saturated carbocycles. The van der Waals surface area contributed by atoms with Crippen molar-refractivity contribution in [2.24, 2.45) is 0 Å². The van der Waals surface area contributed by atoms with Crippen LogP contribution in [0.1, 0.15) is 51.9 Å². The first-order valence-corrected chi connectivity index (χ1v) is 5.58. The summed E-state index contributed by atoms with van der Waals surface area (Å²) in [5.74, 6) is 5.81. The van der Waals surface area contributed by atoms with E-state index in [9.17, 15) is 5.11 Å². The van der Waals surface area contributed by atoms with Crippen LogP contribution in [-0.4, -0.2) is 11.2 Å². The second kappa shape index (κ2) is 10.3. The number of aliphatic hydroxyl groups is 1. The Kier molecular flexibility index (Phi) is 9.79. The second-order valence-corrected chi connectivity index (χ2v) is 3.53. The molecule has 0 unspecified atom stereocenters. The maximum atomic E-state index is 9.25. The standard InChI is InChI=1S/C13H22O/c1-3-5-6-7-8-9-10-12-13(14)11-4-2/h4,13-14H,2-3,5-9,11H2,1H3/t13-/m1/s1. The molecule has 0 bridgehead atoms. The van der Waals surface area contributed by atoms with E-state index in [-0.39, 0.29) is 0 Å². The van der Waals surface area contributed by atoms with Crippen molar-refractivity contribution in [3.8, 4) is 11.8 Å². The van der Waals surface area contributed by atoms with Gasteiger partial charge < -0.3 is 5.11 Å². The third kappa shape index (κ3) is 9.35. The molecule has 0 fully saturated rings. The van der Waals surface area contributed by atoms with Gasteiger partial charge in [0.1, 0.15) is 6.10 Å². The highest BCUT2D eigenvalue weighted by atomic mass is 16.3. The van der Waals surface area contributed by atoms with Gasteiger partial charge in [-0.05, 0) is 6.42 Å². The quantitative estimate of drug-likeness (QED) is 0.374. The summed E-state index contributed by atoms with van der Waals surface area (Å²) in [5.41, 5.74) is 0. The summed E-state index contributed by atoms with van der Waals surface area (Å²) >= 11 is 0. The molecule has 1 N–H and O–H groups in total. The number of rotatable bonds is 7. The summed E-state index contributed by atoms with van der Waals surface area (Å²) in [6.07, 6.45) is 9.02. The van der Waals surface area contributed by atoms with Crippen molar-refractivity contribution < 1.29 is 5.11 Å². The van der Waals surface area contributed by atoms with Crippen LogP contribution in [-0.2, 0) is 0 Å². The molecule has 0 aliphatic carbocycles. The summed E-state index contributed by atoms with van der Waals surface area (Å²) in [4.78, 5) is 0. The molecule has 0 aliphatic heterocycles. The van der Waals surface area contributed by atoms with E-state index in [1.165, 1.54) is 25.7 Å². The van der Waals surface area contributed by atoms with Crippen molar-refractivity contribution in [1.82, 2.24) is 0 Å². The largest absolute Gasteiger partial charge is 0.380 e. The van der Waals surface area contributed by atoms with Crippen LogP contribution in [0.3, 0.4) is 0 Å². The number of unbranched alkanes of at least 4 members (excludes halogenated alkanes) is 5. The van der Waals surface area contributed by atoms with E-state index in [2.05, 4.69) is 25.3 Å². The lowest BCUT2D eigenvalue weighted by molar-refractivity contribution is 0.236. The first-order chi connectivity index (χ1) is 6.81. The average molecular weight is 194 g/mol. The Labute approximate surface area is 88.2 Å². The zero-order chi connectivity index (χ0) is 10.6. The second-order valence-electron chi connectivity index (χ2n) is 3.53. The molecule has 1 nitrogen and oxygen atoms in total. The van der Waals surface area contributed by atoms with Gasteiger partial charge in [-0.15, -0.1) is 12.5 Å². The van der Waals surface area contributed by atoms with Crippen LogP contribution in [0.4, 0.5) is 0 Å². The fourth-order valence-electron chi connectivity index (χ4n) is 1.22. The zero-order valence-corrected chi connectivity index (χ0v) is 9.26. The first-order valence-electron chi connectivity index (χ1n) is 5.58. The number of aliphatic hydroxyl groups excluding tert-OH is 1. The molecule has 0 spiro atoms. The maximum absolute atomic E-state index is 9.25. The molecule has 1 atom stereocenters. The van der Waals surface area contributed by atoms with E-state index in [4.69, 9.17) is 0 Å². The summed E-state index contributed by atoms with van der Waals surface area (Å²) in [6.45, 7) is 5.76. The van der Waals surface area contributed by atoms with Gasteiger partial charge in [0.25, 0.3) is 0 Å². The molecular formula is C13H22O. The minimum Gasteiger partial charge on any atom is -0.380 e. The summed E-state index contributed by atoms with van der Waals surface area (Å²) < 4.78 is 0. The molecule has 80 valence electrons. The molecule has 0 aliphatic rings. The van der Waals surface area contributed by atoms with Crippen LogP contribution < -0.4 is 0 Å². The van der Waals surface area contributed by atoms with Gasteiger partial charge in [0, 0.05) is 12.8 Å². The lowest BCUT2D eigenvalue weighted by Gasteiger charge is -1.96. The summed E-state index contributed by atoms with van der Waals surface area (Å²) in [6, 6.07) is 0. The Morgan fingerprint density at radius 2 is 2.00 bits per heavy atom. The fraction of sp³-hybridized carbons (Fsp3) is 0.692. The van der Waals surface area contributed by atoms with Gasteiger partial charge in [0.05, 0.1) is 0 Å². The third-order valence-electron chi connectivity index (χ3n) is 2.06. The van der Waals surface area contributed by atoms with E-state index in [1.807, 2.05) is 0 Å². The Balaban J connectivity index is 3.28. The SMILES string of the molecule is C=CC[C@@H](O)C#CCCCCCCC. The topological polar surface area (TPSA) is 20.2 Å². The van der Waals surface area contributed by atoms with Gasteiger partial charge in [-0.3, -0.25) is 0 Å². The lowest BCUT2D eigenvalue weighted by atomic mass is 10.1. The molecule has 0 amide bonds. The van der Waals surface area contributed by atoms with Crippen LogP contribution in [0.25, 0.3) is 0 Å². The van der Waals surface area contributed by atoms with Gasteiger partial charge in [-0.1, -0.05) is 44.6 Å². The Morgan fingerprint density at radius 1 is 1.29 bits per heavy atom. The smallest absolute Gasteiger partial charge is 0.118 e. The van der Waals surface area contributed by atoms with Gasteiger partial charge in [0.2, 0.25) is 0 Å². The zero-order valence-electron chi connectivity index (χ0n) is 9.26. The molecule has 14 heavy (non-hydrogen) atoms. The molecule has 1 heteroatoms. The minimum absolute atomic E-state index is 0.511. The number of hydrogen-bond donors (Lipinski definition) is 1. The van der Waals surface area contributed by atoms with Crippen molar-refractivity contribution in [1.29, 1.82) is 0 Å². The van der Waals surface area contributed by atoms with Crippen molar-refractivity contribution in [3.63, 3.8) is 0 Å². The molecule has 0 rings (SSSR count). The highest BCUT2D eigenvalue weighted by molar-refractivity contribution is 5.05. The van der Waals surface area contributed by atoms with E-state index in [0.717, 1.165) is 12.8 Å². The van der Waals surface area contributed by atoms with Crippen molar-refractivity contribution >= 4 is 0 Å². The predicted molar refractivity (Wildman–Crippen MR) is 62.0 cm³/mol. The van der Waals surface area contributed by atoms with Gasteiger partial charge in [0.15, 0.2) is 0 Å². The van der Waals surface area contributed by atoms with Crippen LogP contribution in [0, 0.1) is 11.8 Å². The minimum atomic E-state index is -0.511. The van der Waals surface area contributed by atoms with Crippen LogP contribution in [0.15, 0.2) is 12.7 Å².